The normalized spacial score (nSPS) is 26.9. The van der Waals surface area contributed by atoms with Gasteiger partial charge >= 0.3 is 6.18 Å². The highest BCUT2D eigenvalue weighted by atomic mass is 19.4. The van der Waals surface area contributed by atoms with Gasteiger partial charge < -0.3 is 5.11 Å². The fourth-order valence-electron chi connectivity index (χ4n) is 3.47. The van der Waals surface area contributed by atoms with E-state index < -0.39 is 23.7 Å². The maximum atomic E-state index is 13.6. The van der Waals surface area contributed by atoms with Gasteiger partial charge in [0.15, 0.2) is 0 Å². The summed E-state index contributed by atoms with van der Waals surface area (Å²) in [6.07, 6.45) is -2.86. The van der Waals surface area contributed by atoms with Gasteiger partial charge in [-0.1, -0.05) is 36.8 Å². The average molecular weight is 340 g/mol. The van der Waals surface area contributed by atoms with Crippen molar-refractivity contribution in [3.05, 3.63) is 35.9 Å². The summed E-state index contributed by atoms with van der Waals surface area (Å²) in [4.78, 5) is 12.4. The monoisotopic (exact) mass is 340 g/mol. The molecule has 7 heteroatoms. The minimum Gasteiger partial charge on any atom is -0.362 e. The first kappa shape index (κ1) is 17.0. The number of hydrogen-bond donors (Lipinski definition) is 1. The van der Waals surface area contributed by atoms with E-state index >= 15 is 0 Å². The first-order valence-electron chi connectivity index (χ1n) is 8.07. The van der Waals surface area contributed by atoms with Gasteiger partial charge in [0.05, 0.1) is 5.92 Å². The number of rotatable bonds is 3. The smallest absolute Gasteiger partial charge is 0.362 e. The van der Waals surface area contributed by atoms with E-state index in [9.17, 15) is 23.1 Å². The topological polar surface area (TPSA) is 52.9 Å². The number of hydrogen-bond acceptors (Lipinski definition) is 3. The number of carbonyl (C=O) groups excluding carboxylic acids is 1. The summed E-state index contributed by atoms with van der Waals surface area (Å²) in [5, 5.41) is 14.6. The van der Waals surface area contributed by atoms with Crippen LogP contribution < -0.4 is 0 Å². The molecule has 1 aliphatic carbocycles. The maximum absolute atomic E-state index is 13.6. The van der Waals surface area contributed by atoms with Crippen molar-refractivity contribution in [2.24, 2.45) is 11.0 Å². The van der Waals surface area contributed by atoms with Crippen LogP contribution in [-0.2, 0) is 11.2 Å². The van der Waals surface area contributed by atoms with Crippen molar-refractivity contribution in [3.8, 4) is 0 Å². The highest BCUT2D eigenvalue weighted by Crippen LogP contribution is 2.48. The summed E-state index contributed by atoms with van der Waals surface area (Å²) in [5.74, 6) is -1.95. The number of alkyl halides is 3. The van der Waals surface area contributed by atoms with E-state index in [4.69, 9.17) is 0 Å². The van der Waals surface area contributed by atoms with Crippen molar-refractivity contribution in [2.45, 2.75) is 50.4 Å². The Bertz CT molecular complexity index is 645. The number of fused-ring (bicyclic) bond motifs is 1. The third-order valence-corrected chi connectivity index (χ3v) is 4.74. The van der Waals surface area contributed by atoms with Gasteiger partial charge in [-0.15, -0.1) is 0 Å². The Kier molecular flexibility index (Phi) is 4.38. The number of aliphatic hydroxyl groups is 1. The van der Waals surface area contributed by atoms with E-state index in [1.807, 2.05) is 6.07 Å². The predicted molar refractivity (Wildman–Crippen MR) is 82.0 cm³/mol. The number of carbonyl (C=O) groups is 1. The number of amides is 1. The minimum absolute atomic E-state index is 0.133. The van der Waals surface area contributed by atoms with Crippen LogP contribution in [0.3, 0.4) is 0 Å². The fourth-order valence-corrected chi connectivity index (χ4v) is 3.47. The van der Waals surface area contributed by atoms with Crippen LogP contribution in [-0.4, -0.2) is 33.6 Å². The molecule has 1 amide bonds. The van der Waals surface area contributed by atoms with Crippen LogP contribution in [0.25, 0.3) is 0 Å². The molecule has 3 rings (SSSR count). The third kappa shape index (κ3) is 2.81. The maximum Gasteiger partial charge on any atom is 0.439 e. The molecule has 0 spiro atoms. The molecule has 1 fully saturated rings. The zero-order valence-electron chi connectivity index (χ0n) is 13.1. The van der Waals surface area contributed by atoms with Crippen LogP contribution >= 0.6 is 0 Å². The van der Waals surface area contributed by atoms with Gasteiger partial charge in [0.2, 0.25) is 5.91 Å². The average Bonchev–Trinajstić information content (AvgIpc) is 2.88. The molecule has 1 aromatic carbocycles. The van der Waals surface area contributed by atoms with Crippen molar-refractivity contribution < 1.29 is 23.1 Å². The first-order valence-corrected chi connectivity index (χ1v) is 8.07. The van der Waals surface area contributed by atoms with Crippen LogP contribution in [0.5, 0.6) is 0 Å². The van der Waals surface area contributed by atoms with Gasteiger partial charge in [-0.3, -0.25) is 4.79 Å². The van der Waals surface area contributed by atoms with Crippen LogP contribution in [0.15, 0.2) is 35.4 Å². The lowest BCUT2D eigenvalue weighted by molar-refractivity contribution is -0.317. The molecule has 2 aliphatic rings. The van der Waals surface area contributed by atoms with Crippen molar-refractivity contribution in [3.63, 3.8) is 0 Å². The van der Waals surface area contributed by atoms with Gasteiger partial charge in [-0.2, -0.15) is 23.3 Å². The summed E-state index contributed by atoms with van der Waals surface area (Å²) < 4.78 is 40.7. The molecule has 0 radical (unpaired) electrons. The Balaban J connectivity index is 1.81. The largest absolute Gasteiger partial charge is 0.439 e. The summed E-state index contributed by atoms with van der Waals surface area (Å²) in [6, 6.07) is 9.04. The van der Waals surface area contributed by atoms with E-state index in [1.54, 1.807) is 24.3 Å². The molecule has 2 atom stereocenters. The number of nitrogens with zero attached hydrogens (tertiary/aromatic N) is 2. The standard InChI is InChI=1S/C17H19F3N2O2/c18-17(19,20)16(24)13-8-4-5-9-14(13)21-22(16)15(23)11-10-12-6-2-1-3-7-12/h1-3,6-7,13,24H,4-5,8-11H2/t13-,16+/m0/s1. The molecule has 0 unspecified atom stereocenters. The third-order valence-electron chi connectivity index (χ3n) is 4.74. The Hall–Kier alpha value is -1.89. The molecule has 1 N–H and O–H groups in total. The zero-order chi connectivity index (χ0) is 17.4. The van der Waals surface area contributed by atoms with Crippen LogP contribution in [0.1, 0.15) is 37.7 Å². The number of hydrazone groups is 1. The highest BCUT2D eigenvalue weighted by molar-refractivity contribution is 5.93. The highest BCUT2D eigenvalue weighted by Gasteiger charge is 2.68. The van der Waals surface area contributed by atoms with E-state index in [0.29, 0.717) is 24.3 Å². The number of benzene rings is 1. The van der Waals surface area contributed by atoms with Crippen molar-refractivity contribution in [2.75, 3.05) is 0 Å². The summed E-state index contributed by atoms with van der Waals surface area (Å²) in [6.45, 7) is 0. The summed E-state index contributed by atoms with van der Waals surface area (Å²) >= 11 is 0. The quantitative estimate of drug-likeness (QED) is 0.918. The lowest BCUT2D eigenvalue weighted by Gasteiger charge is -2.38. The van der Waals surface area contributed by atoms with Gasteiger partial charge in [0.1, 0.15) is 0 Å². The van der Waals surface area contributed by atoms with Gasteiger partial charge in [0.25, 0.3) is 5.72 Å². The van der Waals surface area contributed by atoms with Crippen LogP contribution in [0, 0.1) is 5.92 Å². The van der Waals surface area contributed by atoms with Gasteiger partial charge in [-0.05, 0) is 31.2 Å². The fraction of sp³-hybridized carbons (Fsp3) is 0.529. The molecule has 4 nitrogen and oxygen atoms in total. The molecule has 0 aromatic heterocycles. The van der Waals surface area contributed by atoms with Crippen LogP contribution in [0.4, 0.5) is 13.2 Å². The molecule has 0 bridgehead atoms. The Morgan fingerprint density at radius 3 is 2.67 bits per heavy atom. The van der Waals surface area contributed by atoms with E-state index in [0.717, 1.165) is 12.0 Å². The molecule has 1 aliphatic heterocycles. The van der Waals surface area contributed by atoms with E-state index in [1.165, 1.54) is 0 Å². The second-order valence-corrected chi connectivity index (χ2v) is 6.30. The zero-order valence-corrected chi connectivity index (χ0v) is 13.1. The molecule has 24 heavy (non-hydrogen) atoms. The second-order valence-electron chi connectivity index (χ2n) is 6.30. The Morgan fingerprint density at radius 1 is 1.29 bits per heavy atom. The number of aryl methyl sites for hydroxylation is 1. The summed E-state index contributed by atoms with van der Waals surface area (Å²) in [7, 11) is 0. The van der Waals surface area contributed by atoms with Crippen molar-refractivity contribution >= 4 is 11.6 Å². The summed E-state index contributed by atoms with van der Waals surface area (Å²) in [5.41, 5.74) is -2.07. The van der Waals surface area contributed by atoms with E-state index in [2.05, 4.69) is 5.10 Å². The number of halogens is 3. The van der Waals surface area contributed by atoms with Crippen LogP contribution in [0.2, 0.25) is 0 Å². The second kappa shape index (κ2) is 6.20. The Morgan fingerprint density at radius 2 is 2.00 bits per heavy atom. The van der Waals surface area contributed by atoms with Crippen molar-refractivity contribution in [1.29, 1.82) is 0 Å². The molecule has 0 saturated heterocycles. The van der Waals surface area contributed by atoms with Gasteiger partial charge in [-0.25, -0.2) is 0 Å². The van der Waals surface area contributed by atoms with E-state index in [-0.39, 0.29) is 18.6 Å². The predicted octanol–water partition coefficient (Wildman–Crippen LogP) is 3.26. The SMILES string of the molecule is O=C(CCc1ccccc1)N1N=C2CCCC[C@@H]2[C@@]1(O)C(F)(F)F. The lowest BCUT2D eigenvalue weighted by Crippen LogP contribution is -2.61. The minimum atomic E-state index is -4.94. The molecule has 130 valence electrons. The Labute approximate surface area is 138 Å². The molecular weight excluding hydrogens is 321 g/mol. The molecule has 1 heterocycles. The molecule has 1 aromatic rings. The van der Waals surface area contributed by atoms with Gasteiger partial charge in [0, 0.05) is 12.1 Å². The molecular formula is C17H19F3N2O2. The first-order chi connectivity index (χ1) is 11.3. The van der Waals surface area contributed by atoms with Crippen molar-refractivity contribution in [1.82, 2.24) is 5.01 Å². The molecule has 1 saturated carbocycles. The lowest BCUT2D eigenvalue weighted by atomic mass is 9.80.